The third-order valence-electron chi connectivity index (χ3n) is 1.55. The topological polar surface area (TPSA) is 54.4 Å². The van der Waals surface area contributed by atoms with Crippen LogP contribution in [-0.2, 0) is 0 Å². The van der Waals surface area contributed by atoms with E-state index >= 15 is 0 Å². The van der Waals surface area contributed by atoms with Gasteiger partial charge in [-0.2, -0.15) is 0 Å². The van der Waals surface area contributed by atoms with Crippen molar-refractivity contribution in [2.75, 3.05) is 0 Å². The standard InChI is InChI=1S/C8H4O3S2/c9-3-4-1-5-6(12-4)2-7(13-5)8(10)11/h1-3H,(H,10,11). The minimum absolute atomic E-state index is 0.318. The van der Waals surface area contributed by atoms with Crippen molar-refractivity contribution in [1.29, 1.82) is 0 Å². The maximum Gasteiger partial charge on any atom is 0.345 e. The number of aldehydes is 1. The number of hydrogen-bond donors (Lipinski definition) is 1. The molecule has 13 heavy (non-hydrogen) atoms. The number of fused-ring (bicyclic) bond motifs is 1. The maximum atomic E-state index is 10.6. The monoisotopic (exact) mass is 212 g/mol. The van der Waals surface area contributed by atoms with Gasteiger partial charge in [-0.1, -0.05) is 0 Å². The molecular formula is C8H4O3S2. The summed E-state index contributed by atoms with van der Waals surface area (Å²) >= 11 is 2.51. The highest BCUT2D eigenvalue weighted by atomic mass is 32.1. The molecule has 2 aromatic rings. The molecule has 5 heteroatoms. The molecule has 0 amide bonds. The van der Waals surface area contributed by atoms with E-state index in [1.807, 2.05) is 0 Å². The summed E-state index contributed by atoms with van der Waals surface area (Å²) in [4.78, 5) is 21.9. The smallest absolute Gasteiger partial charge is 0.345 e. The largest absolute Gasteiger partial charge is 0.477 e. The summed E-state index contributed by atoms with van der Waals surface area (Å²) in [5.41, 5.74) is 0. The van der Waals surface area contributed by atoms with E-state index < -0.39 is 5.97 Å². The average molecular weight is 212 g/mol. The third-order valence-corrected chi connectivity index (χ3v) is 3.76. The van der Waals surface area contributed by atoms with Crippen molar-refractivity contribution in [3.8, 4) is 0 Å². The van der Waals surface area contributed by atoms with E-state index in [4.69, 9.17) is 5.11 Å². The summed E-state index contributed by atoms with van der Waals surface area (Å²) in [6, 6.07) is 3.31. The van der Waals surface area contributed by atoms with Crippen LogP contribution in [0.5, 0.6) is 0 Å². The van der Waals surface area contributed by atoms with E-state index in [1.54, 1.807) is 12.1 Å². The SMILES string of the molecule is O=Cc1cc2sc(C(=O)O)cc2s1. The Morgan fingerprint density at radius 2 is 2.00 bits per heavy atom. The Bertz CT molecular complexity index is 449. The molecule has 0 atom stereocenters. The number of aromatic carboxylic acids is 1. The summed E-state index contributed by atoms with van der Waals surface area (Å²) in [5.74, 6) is -0.916. The molecule has 0 unspecified atom stereocenters. The fourth-order valence-corrected chi connectivity index (χ4v) is 3.08. The lowest BCUT2D eigenvalue weighted by atomic mass is 10.4. The van der Waals surface area contributed by atoms with Crippen LogP contribution in [0.15, 0.2) is 12.1 Å². The van der Waals surface area contributed by atoms with Gasteiger partial charge in [0, 0.05) is 9.40 Å². The molecule has 0 radical (unpaired) electrons. The van der Waals surface area contributed by atoms with E-state index in [9.17, 15) is 9.59 Å². The summed E-state index contributed by atoms with van der Waals surface area (Å²) < 4.78 is 1.73. The second-order valence-electron chi connectivity index (χ2n) is 2.41. The van der Waals surface area contributed by atoms with Gasteiger partial charge in [0.2, 0.25) is 0 Å². The van der Waals surface area contributed by atoms with Gasteiger partial charge in [0.15, 0.2) is 6.29 Å². The van der Waals surface area contributed by atoms with E-state index in [-0.39, 0.29) is 0 Å². The van der Waals surface area contributed by atoms with Crippen LogP contribution in [0, 0.1) is 0 Å². The molecule has 0 aliphatic heterocycles. The summed E-state index contributed by atoms with van der Waals surface area (Å²) in [6.45, 7) is 0. The number of hydrogen-bond acceptors (Lipinski definition) is 4. The fraction of sp³-hybridized carbons (Fsp3) is 0. The predicted molar refractivity (Wildman–Crippen MR) is 52.0 cm³/mol. The Kier molecular flexibility index (Phi) is 1.90. The summed E-state index contributed by atoms with van der Waals surface area (Å²) in [6.07, 6.45) is 0.776. The average Bonchev–Trinajstić information content (AvgIpc) is 2.58. The Morgan fingerprint density at radius 3 is 2.54 bits per heavy atom. The maximum absolute atomic E-state index is 10.6. The zero-order valence-corrected chi connectivity index (χ0v) is 7.95. The van der Waals surface area contributed by atoms with E-state index in [1.165, 1.54) is 22.7 Å². The number of carbonyl (C=O) groups is 2. The molecule has 1 N–H and O–H groups in total. The second-order valence-corrected chi connectivity index (χ2v) is 4.61. The molecule has 0 saturated heterocycles. The first-order valence-corrected chi connectivity index (χ1v) is 5.06. The van der Waals surface area contributed by atoms with E-state index in [0.717, 1.165) is 15.7 Å². The third kappa shape index (κ3) is 1.36. The van der Waals surface area contributed by atoms with Gasteiger partial charge in [-0.25, -0.2) is 4.79 Å². The number of thiophene rings is 2. The first-order valence-electron chi connectivity index (χ1n) is 3.42. The molecule has 66 valence electrons. The van der Waals surface area contributed by atoms with Crippen LogP contribution in [0.3, 0.4) is 0 Å². The first kappa shape index (κ1) is 8.40. The van der Waals surface area contributed by atoms with Crippen molar-refractivity contribution < 1.29 is 14.7 Å². The highest BCUT2D eigenvalue weighted by Crippen LogP contribution is 2.32. The fourth-order valence-electron chi connectivity index (χ4n) is 1.02. The van der Waals surface area contributed by atoms with Crippen LogP contribution in [0.25, 0.3) is 9.40 Å². The quantitative estimate of drug-likeness (QED) is 0.778. The van der Waals surface area contributed by atoms with Crippen molar-refractivity contribution in [1.82, 2.24) is 0 Å². The van der Waals surface area contributed by atoms with E-state index in [2.05, 4.69) is 0 Å². The Hall–Kier alpha value is -1.20. The molecule has 0 spiro atoms. The summed E-state index contributed by atoms with van der Waals surface area (Å²) in [7, 11) is 0. The van der Waals surface area contributed by atoms with Gasteiger partial charge in [0.25, 0.3) is 0 Å². The van der Waals surface area contributed by atoms with Crippen molar-refractivity contribution in [3.05, 3.63) is 21.9 Å². The lowest BCUT2D eigenvalue weighted by molar-refractivity contribution is 0.0702. The van der Waals surface area contributed by atoms with Crippen LogP contribution < -0.4 is 0 Å². The number of carboxylic acids is 1. The van der Waals surface area contributed by atoms with E-state index in [0.29, 0.717) is 9.75 Å². The van der Waals surface area contributed by atoms with Gasteiger partial charge in [-0.15, -0.1) is 22.7 Å². The molecular weight excluding hydrogens is 208 g/mol. The summed E-state index contributed by atoms with van der Waals surface area (Å²) in [5, 5.41) is 8.68. The minimum atomic E-state index is -0.916. The highest BCUT2D eigenvalue weighted by Gasteiger charge is 2.10. The Labute approximate surface area is 81.2 Å². The predicted octanol–water partition coefficient (Wildman–Crippen LogP) is 2.47. The lowest BCUT2D eigenvalue weighted by Crippen LogP contribution is -1.89. The molecule has 0 aliphatic rings. The normalized spacial score (nSPS) is 10.5. The first-order chi connectivity index (χ1) is 6.20. The molecule has 2 heterocycles. The van der Waals surface area contributed by atoms with Crippen LogP contribution in [0.1, 0.15) is 19.3 Å². The van der Waals surface area contributed by atoms with Crippen LogP contribution in [0.4, 0.5) is 0 Å². The van der Waals surface area contributed by atoms with Crippen molar-refractivity contribution in [2.24, 2.45) is 0 Å². The van der Waals surface area contributed by atoms with Crippen LogP contribution in [0.2, 0.25) is 0 Å². The molecule has 3 nitrogen and oxygen atoms in total. The van der Waals surface area contributed by atoms with Gasteiger partial charge < -0.3 is 5.11 Å². The van der Waals surface area contributed by atoms with Crippen LogP contribution in [-0.4, -0.2) is 17.4 Å². The Balaban J connectivity index is 2.60. The number of carboxylic acid groups (broad SMARTS) is 1. The highest BCUT2D eigenvalue weighted by molar-refractivity contribution is 7.29. The number of carbonyl (C=O) groups excluding carboxylic acids is 1. The van der Waals surface area contributed by atoms with Gasteiger partial charge in [-0.3, -0.25) is 4.79 Å². The van der Waals surface area contributed by atoms with Crippen molar-refractivity contribution in [2.45, 2.75) is 0 Å². The van der Waals surface area contributed by atoms with Crippen molar-refractivity contribution in [3.63, 3.8) is 0 Å². The molecule has 0 aliphatic carbocycles. The second kappa shape index (κ2) is 2.93. The molecule has 2 aromatic heterocycles. The number of rotatable bonds is 2. The minimum Gasteiger partial charge on any atom is -0.477 e. The van der Waals surface area contributed by atoms with Crippen molar-refractivity contribution >= 4 is 44.3 Å². The van der Waals surface area contributed by atoms with Gasteiger partial charge in [0.05, 0.1) is 4.88 Å². The lowest BCUT2D eigenvalue weighted by Gasteiger charge is -1.81. The van der Waals surface area contributed by atoms with Gasteiger partial charge in [0.1, 0.15) is 4.88 Å². The van der Waals surface area contributed by atoms with Gasteiger partial charge >= 0.3 is 5.97 Å². The van der Waals surface area contributed by atoms with Gasteiger partial charge in [-0.05, 0) is 12.1 Å². The molecule has 0 aromatic carbocycles. The molecule has 2 rings (SSSR count). The molecule has 0 fully saturated rings. The zero-order chi connectivity index (χ0) is 9.42. The molecule has 0 bridgehead atoms. The van der Waals surface area contributed by atoms with Crippen LogP contribution >= 0.6 is 22.7 Å². The zero-order valence-electron chi connectivity index (χ0n) is 6.31. The Morgan fingerprint density at radius 1 is 1.31 bits per heavy atom. The molecule has 0 saturated carbocycles.